The summed E-state index contributed by atoms with van der Waals surface area (Å²) in [4.78, 5) is 7.63. The molecule has 0 atom stereocenters. The van der Waals surface area contributed by atoms with Crippen molar-refractivity contribution in [3.8, 4) is 0 Å². The van der Waals surface area contributed by atoms with Gasteiger partial charge in [-0.05, 0) is 6.92 Å². The monoisotopic (exact) mass is 232 g/mol. The maximum absolute atomic E-state index is 10.9. The van der Waals surface area contributed by atoms with Crippen molar-refractivity contribution in [2.24, 2.45) is 0 Å². The van der Waals surface area contributed by atoms with Crippen molar-refractivity contribution in [1.82, 2.24) is 19.6 Å². The predicted octanol–water partition coefficient (Wildman–Crippen LogP) is 0.360. The molecule has 0 spiro atoms. The van der Waals surface area contributed by atoms with Crippen LogP contribution in [0.2, 0.25) is 0 Å². The van der Waals surface area contributed by atoms with Gasteiger partial charge in [0.2, 0.25) is 0 Å². The van der Waals surface area contributed by atoms with Crippen LogP contribution in [-0.2, 0) is 9.05 Å². The van der Waals surface area contributed by atoms with Gasteiger partial charge in [-0.25, -0.2) is 17.9 Å². The summed E-state index contributed by atoms with van der Waals surface area (Å²) in [5.74, 6) is 0.855. The summed E-state index contributed by atoms with van der Waals surface area (Å²) >= 11 is 0. The average Bonchev–Trinajstić information content (AvgIpc) is 2.41. The zero-order chi connectivity index (χ0) is 10.3. The first-order valence-electron chi connectivity index (χ1n) is 3.60. The van der Waals surface area contributed by atoms with Crippen molar-refractivity contribution >= 4 is 25.5 Å². The quantitative estimate of drug-likeness (QED) is 0.664. The molecule has 0 bridgehead atoms. The highest BCUT2D eigenvalue weighted by atomic mass is 35.7. The first-order valence-corrected chi connectivity index (χ1v) is 5.91. The lowest BCUT2D eigenvalue weighted by Crippen LogP contribution is -1.97. The fourth-order valence-corrected chi connectivity index (χ4v) is 1.64. The fraction of sp³-hybridized carbons (Fsp3) is 0.167. The van der Waals surface area contributed by atoms with Gasteiger partial charge in [0.25, 0.3) is 14.8 Å². The van der Waals surface area contributed by atoms with Crippen LogP contribution in [0.4, 0.5) is 0 Å². The molecule has 0 saturated carbocycles. The topological polar surface area (TPSA) is 77.2 Å². The molecular weight excluding hydrogens is 228 g/mol. The van der Waals surface area contributed by atoms with Gasteiger partial charge in [0, 0.05) is 10.7 Å². The van der Waals surface area contributed by atoms with Crippen molar-refractivity contribution in [3.63, 3.8) is 0 Å². The average molecular weight is 233 g/mol. The highest BCUT2D eigenvalue weighted by Gasteiger charge is 2.12. The zero-order valence-electron chi connectivity index (χ0n) is 7.05. The third-order valence-corrected chi connectivity index (χ3v) is 2.87. The molecule has 2 aromatic heterocycles. The maximum atomic E-state index is 10.9. The molecule has 0 aliphatic rings. The molecule has 0 unspecified atom stereocenters. The van der Waals surface area contributed by atoms with Crippen LogP contribution in [0.3, 0.4) is 0 Å². The molecule has 0 fully saturated rings. The molecular formula is C6H5ClN4O2S. The van der Waals surface area contributed by atoms with Crippen LogP contribution in [0.25, 0.3) is 5.78 Å². The SMILES string of the molecule is Cc1nc2ncc(S(=O)(=O)Cl)cn2n1. The molecule has 0 aliphatic carbocycles. The van der Waals surface area contributed by atoms with E-state index < -0.39 is 9.05 Å². The molecule has 2 heterocycles. The maximum Gasteiger partial charge on any atom is 0.264 e. The van der Waals surface area contributed by atoms with Crippen LogP contribution in [0.5, 0.6) is 0 Å². The van der Waals surface area contributed by atoms with Crippen molar-refractivity contribution in [2.45, 2.75) is 11.8 Å². The number of hydrogen-bond donors (Lipinski definition) is 0. The van der Waals surface area contributed by atoms with Crippen LogP contribution >= 0.6 is 10.7 Å². The van der Waals surface area contributed by atoms with Crippen molar-refractivity contribution in [3.05, 3.63) is 18.2 Å². The zero-order valence-corrected chi connectivity index (χ0v) is 8.62. The Balaban J connectivity index is 2.74. The van der Waals surface area contributed by atoms with E-state index in [2.05, 4.69) is 15.1 Å². The Morgan fingerprint density at radius 2 is 2.21 bits per heavy atom. The molecule has 74 valence electrons. The van der Waals surface area contributed by atoms with Gasteiger partial charge in [-0.1, -0.05) is 0 Å². The summed E-state index contributed by atoms with van der Waals surface area (Å²) in [6.45, 7) is 1.68. The van der Waals surface area contributed by atoms with E-state index in [9.17, 15) is 8.42 Å². The summed E-state index contributed by atoms with van der Waals surface area (Å²) in [5.41, 5.74) is 0. The highest BCUT2D eigenvalue weighted by Crippen LogP contribution is 2.12. The highest BCUT2D eigenvalue weighted by molar-refractivity contribution is 8.13. The van der Waals surface area contributed by atoms with Crippen LogP contribution in [-0.4, -0.2) is 28.0 Å². The molecule has 14 heavy (non-hydrogen) atoms. The largest absolute Gasteiger partial charge is 0.264 e. The summed E-state index contributed by atoms with van der Waals surface area (Å²) in [7, 11) is 1.37. The van der Waals surface area contributed by atoms with Gasteiger partial charge in [-0.3, -0.25) is 0 Å². The molecule has 8 heteroatoms. The van der Waals surface area contributed by atoms with E-state index in [4.69, 9.17) is 10.7 Å². The van der Waals surface area contributed by atoms with Gasteiger partial charge in [0.05, 0.1) is 12.4 Å². The standard InChI is InChI=1S/C6H5ClN4O2S/c1-4-9-6-8-2-5(14(7,12)13)3-11(6)10-4/h2-3H,1H3. The van der Waals surface area contributed by atoms with Crippen molar-refractivity contribution in [2.75, 3.05) is 0 Å². The minimum atomic E-state index is -3.76. The smallest absolute Gasteiger partial charge is 0.218 e. The Morgan fingerprint density at radius 3 is 2.86 bits per heavy atom. The summed E-state index contributed by atoms with van der Waals surface area (Å²) in [6.07, 6.45) is 2.41. The molecule has 0 radical (unpaired) electrons. The summed E-state index contributed by atoms with van der Waals surface area (Å²) in [6, 6.07) is 0. The molecule has 0 N–H and O–H groups in total. The lowest BCUT2D eigenvalue weighted by molar-refractivity contribution is 0.608. The van der Waals surface area contributed by atoms with Gasteiger partial charge in [0.1, 0.15) is 10.7 Å². The van der Waals surface area contributed by atoms with Gasteiger partial charge in [-0.15, -0.1) is 0 Å². The first-order chi connectivity index (χ1) is 6.47. The minimum absolute atomic E-state index is 0.100. The van der Waals surface area contributed by atoms with Gasteiger partial charge in [0.15, 0.2) is 0 Å². The third kappa shape index (κ3) is 1.55. The Bertz CT molecular complexity index is 591. The normalized spacial score (nSPS) is 12.1. The molecule has 2 aromatic rings. The van der Waals surface area contributed by atoms with Gasteiger partial charge < -0.3 is 0 Å². The van der Waals surface area contributed by atoms with E-state index in [0.717, 1.165) is 6.20 Å². The van der Waals surface area contributed by atoms with E-state index >= 15 is 0 Å². The first kappa shape index (κ1) is 9.35. The summed E-state index contributed by atoms with van der Waals surface area (Å²) < 4.78 is 23.2. The van der Waals surface area contributed by atoms with Crippen molar-refractivity contribution in [1.29, 1.82) is 0 Å². The lowest BCUT2D eigenvalue weighted by atomic mass is 10.7. The number of aryl methyl sites for hydroxylation is 1. The Morgan fingerprint density at radius 1 is 1.50 bits per heavy atom. The molecule has 0 saturated heterocycles. The van der Waals surface area contributed by atoms with Crippen LogP contribution in [0, 0.1) is 6.92 Å². The second kappa shape index (κ2) is 2.89. The number of halogens is 1. The van der Waals surface area contributed by atoms with E-state index in [-0.39, 0.29) is 4.90 Å². The fourth-order valence-electron chi connectivity index (χ4n) is 0.995. The van der Waals surface area contributed by atoms with Crippen LogP contribution in [0.1, 0.15) is 5.82 Å². The second-order valence-electron chi connectivity index (χ2n) is 2.63. The number of nitrogens with zero attached hydrogens (tertiary/aromatic N) is 4. The summed E-state index contributed by atoms with van der Waals surface area (Å²) in [5, 5.41) is 3.91. The number of aromatic nitrogens is 4. The molecule has 0 aromatic carbocycles. The molecule has 0 aliphatic heterocycles. The predicted molar refractivity (Wildman–Crippen MR) is 48.6 cm³/mol. The minimum Gasteiger partial charge on any atom is -0.218 e. The third-order valence-electron chi connectivity index (χ3n) is 1.56. The van der Waals surface area contributed by atoms with E-state index in [1.165, 1.54) is 10.7 Å². The molecule has 2 rings (SSSR count). The van der Waals surface area contributed by atoms with E-state index in [1.54, 1.807) is 6.92 Å². The van der Waals surface area contributed by atoms with Gasteiger partial charge >= 0.3 is 0 Å². The number of rotatable bonds is 1. The van der Waals surface area contributed by atoms with E-state index in [0.29, 0.717) is 11.6 Å². The van der Waals surface area contributed by atoms with Crippen LogP contribution in [0.15, 0.2) is 17.3 Å². The molecule has 6 nitrogen and oxygen atoms in total. The molecule has 0 amide bonds. The Labute approximate surface area is 84.0 Å². The second-order valence-corrected chi connectivity index (χ2v) is 5.20. The lowest BCUT2D eigenvalue weighted by Gasteiger charge is -1.94. The van der Waals surface area contributed by atoms with E-state index in [1.807, 2.05) is 0 Å². The number of hydrogen-bond acceptors (Lipinski definition) is 5. The Hall–Kier alpha value is -1.21. The number of fused-ring (bicyclic) bond motifs is 1. The van der Waals surface area contributed by atoms with Crippen molar-refractivity contribution < 1.29 is 8.42 Å². The Kier molecular flexibility index (Phi) is 1.93. The van der Waals surface area contributed by atoms with Crippen LogP contribution < -0.4 is 0 Å². The van der Waals surface area contributed by atoms with Gasteiger partial charge in [-0.2, -0.15) is 10.1 Å².